The minimum atomic E-state index is -1.06. The summed E-state index contributed by atoms with van der Waals surface area (Å²) < 4.78 is 0. The van der Waals surface area contributed by atoms with Crippen LogP contribution in [0.25, 0.3) is 0 Å². The molecule has 10 N–H and O–H groups in total. The number of hydrogen-bond acceptors (Lipinski definition) is 6. The van der Waals surface area contributed by atoms with Crippen LogP contribution in [0.3, 0.4) is 0 Å². The Morgan fingerprint density at radius 1 is 0.974 bits per heavy atom. The second kappa shape index (κ2) is 16.4. The first-order chi connectivity index (χ1) is 17.9. The lowest BCUT2D eigenvalue weighted by Crippen LogP contribution is -2.56. The standard InChI is InChI=1S/C26H39N7O5/c1-4-5-7-16(2)14-21(23(27)36)33-24(37)20(8-6-13-30-26(28)29)32-25(38)22(31-17(3)34)15-18-9-11-19(35)12-10-18/h4-5,7,9-12,20-22,35H,6,8,13-15H2,1-3H3,(H2,27,36)(H,31,34)(H,32,38)(H,33,37)(H4,28,29,30)/b5-4-,16-7+. The van der Waals surface area contributed by atoms with E-state index in [0.717, 1.165) is 5.57 Å². The Bertz CT molecular complexity index is 1040. The van der Waals surface area contributed by atoms with Gasteiger partial charge in [0.05, 0.1) is 0 Å². The number of nitrogens with two attached hydrogens (primary N) is 2. The van der Waals surface area contributed by atoms with E-state index in [2.05, 4.69) is 21.3 Å². The van der Waals surface area contributed by atoms with Crippen molar-refractivity contribution in [3.05, 3.63) is 53.6 Å². The molecule has 1 aromatic rings. The smallest absolute Gasteiger partial charge is 0.243 e. The minimum Gasteiger partial charge on any atom is -0.508 e. The van der Waals surface area contributed by atoms with Crippen LogP contribution in [0.1, 0.15) is 45.6 Å². The van der Waals surface area contributed by atoms with E-state index in [-0.39, 0.29) is 37.5 Å². The highest BCUT2D eigenvalue weighted by Gasteiger charge is 2.29. The molecule has 0 fully saturated rings. The molecule has 0 bridgehead atoms. The van der Waals surface area contributed by atoms with Crippen LogP contribution in [-0.4, -0.2) is 59.4 Å². The van der Waals surface area contributed by atoms with Crippen LogP contribution < -0.4 is 32.7 Å². The summed E-state index contributed by atoms with van der Waals surface area (Å²) in [7, 11) is 0. The molecule has 0 saturated carbocycles. The number of phenolic OH excluding ortho intramolecular Hbond substituents is 1. The highest BCUT2D eigenvalue weighted by Crippen LogP contribution is 2.12. The van der Waals surface area contributed by atoms with E-state index in [1.165, 1.54) is 19.1 Å². The predicted molar refractivity (Wildman–Crippen MR) is 145 cm³/mol. The van der Waals surface area contributed by atoms with Crippen LogP contribution in [0.4, 0.5) is 0 Å². The molecule has 12 heteroatoms. The maximum absolute atomic E-state index is 13.2. The first kappa shape index (κ1) is 31.7. The first-order valence-corrected chi connectivity index (χ1v) is 12.2. The number of phenols is 1. The van der Waals surface area contributed by atoms with Crippen molar-refractivity contribution in [1.82, 2.24) is 21.3 Å². The van der Waals surface area contributed by atoms with Crippen LogP contribution in [0.5, 0.6) is 5.75 Å². The molecular formula is C26H39N7O5. The van der Waals surface area contributed by atoms with Crippen LogP contribution >= 0.6 is 0 Å². The Balaban J connectivity index is 3.08. The Labute approximate surface area is 222 Å². The number of primary amides is 1. The Kier molecular flexibility index (Phi) is 13.7. The molecule has 208 valence electrons. The number of rotatable bonds is 15. The number of carbonyl (C=O) groups is 4. The largest absolute Gasteiger partial charge is 0.508 e. The van der Waals surface area contributed by atoms with Gasteiger partial charge in [-0.25, -0.2) is 0 Å². The third-order valence-corrected chi connectivity index (χ3v) is 5.45. The average molecular weight is 530 g/mol. The number of hydrogen-bond donors (Lipinski definition) is 8. The summed E-state index contributed by atoms with van der Waals surface area (Å²) in [5.41, 5.74) is 12.3. The molecule has 4 amide bonds. The van der Waals surface area contributed by atoms with Gasteiger partial charge in [-0.1, -0.05) is 35.9 Å². The SMILES string of the molecule is C/C=C\C=C(/C)CC(NC(=O)C(CCCNC(=N)N)NC(=O)C(Cc1ccc(O)cc1)NC(C)=O)C(N)=O. The monoisotopic (exact) mass is 529 g/mol. The molecule has 0 saturated heterocycles. The Morgan fingerprint density at radius 2 is 1.58 bits per heavy atom. The molecule has 3 atom stereocenters. The quantitative estimate of drug-likeness (QED) is 0.0677. The fourth-order valence-corrected chi connectivity index (χ4v) is 3.54. The molecule has 0 aromatic heterocycles. The van der Waals surface area contributed by atoms with Crippen LogP contribution in [0, 0.1) is 5.41 Å². The van der Waals surface area contributed by atoms with Crippen molar-refractivity contribution >= 4 is 29.6 Å². The molecule has 38 heavy (non-hydrogen) atoms. The van der Waals surface area contributed by atoms with Gasteiger partial charge in [0.25, 0.3) is 0 Å². The lowest BCUT2D eigenvalue weighted by molar-refractivity contribution is -0.133. The molecule has 0 radical (unpaired) electrons. The van der Waals surface area contributed by atoms with Gasteiger partial charge in [-0.15, -0.1) is 0 Å². The lowest BCUT2D eigenvalue weighted by Gasteiger charge is -2.25. The van der Waals surface area contributed by atoms with E-state index >= 15 is 0 Å². The fourth-order valence-electron chi connectivity index (χ4n) is 3.54. The van der Waals surface area contributed by atoms with Gasteiger partial charge in [0.15, 0.2) is 5.96 Å². The molecule has 1 aromatic carbocycles. The van der Waals surface area contributed by atoms with Crippen molar-refractivity contribution in [2.75, 3.05) is 6.54 Å². The predicted octanol–water partition coefficient (Wildman–Crippen LogP) is 0.0701. The van der Waals surface area contributed by atoms with Gasteiger partial charge in [0.1, 0.15) is 23.9 Å². The molecule has 3 unspecified atom stereocenters. The molecule has 12 nitrogen and oxygen atoms in total. The van der Waals surface area contributed by atoms with E-state index in [1.807, 2.05) is 13.0 Å². The van der Waals surface area contributed by atoms with Crippen LogP contribution in [0.15, 0.2) is 48.1 Å². The Morgan fingerprint density at radius 3 is 2.13 bits per heavy atom. The van der Waals surface area contributed by atoms with Gasteiger partial charge in [0.2, 0.25) is 23.6 Å². The topological polar surface area (TPSA) is 213 Å². The summed E-state index contributed by atoms with van der Waals surface area (Å²) >= 11 is 0. The van der Waals surface area contributed by atoms with Gasteiger partial charge >= 0.3 is 0 Å². The zero-order chi connectivity index (χ0) is 28.7. The Hall–Kier alpha value is -4.35. The summed E-state index contributed by atoms with van der Waals surface area (Å²) in [6.45, 7) is 5.20. The molecule has 0 aliphatic heterocycles. The van der Waals surface area contributed by atoms with Crippen LogP contribution in [-0.2, 0) is 25.6 Å². The number of guanidine groups is 1. The van der Waals surface area contributed by atoms with E-state index in [9.17, 15) is 24.3 Å². The number of benzene rings is 1. The summed E-state index contributed by atoms with van der Waals surface area (Å²) in [5.74, 6) is -2.55. The van der Waals surface area contributed by atoms with Crippen LogP contribution in [0.2, 0.25) is 0 Å². The third kappa shape index (κ3) is 12.6. The summed E-state index contributed by atoms with van der Waals surface area (Å²) in [6, 6.07) is 3.11. The number of nitrogens with one attached hydrogen (secondary N) is 5. The van der Waals surface area contributed by atoms with Gasteiger partial charge < -0.3 is 37.8 Å². The van der Waals surface area contributed by atoms with Gasteiger partial charge in [0, 0.05) is 19.9 Å². The van der Waals surface area contributed by atoms with E-state index in [0.29, 0.717) is 12.0 Å². The summed E-state index contributed by atoms with van der Waals surface area (Å²) in [6.07, 6.45) is 6.25. The second-order valence-corrected chi connectivity index (χ2v) is 8.87. The zero-order valence-corrected chi connectivity index (χ0v) is 22.0. The molecule has 0 aliphatic carbocycles. The van der Waals surface area contributed by atoms with E-state index in [4.69, 9.17) is 16.9 Å². The molecule has 1 rings (SSSR count). The minimum absolute atomic E-state index is 0.0602. The average Bonchev–Trinajstić information content (AvgIpc) is 2.84. The van der Waals surface area contributed by atoms with Crippen molar-refractivity contribution in [2.45, 2.75) is 64.6 Å². The van der Waals surface area contributed by atoms with E-state index < -0.39 is 41.8 Å². The van der Waals surface area contributed by atoms with E-state index in [1.54, 1.807) is 31.2 Å². The fraction of sp³-hybridized carbons (Fsp3) is 0.423. The first-order valence-electron chi connectivity index (χ1n) is 12.2. The molecule has 0 spiro atoms. The van der Waals surface area contributed by atoms with Crippen molar-refractivity contribution in [3.63, 3.8) is 0 Å². The van der Waals surface area contributed by atoms with Crippen molar-refractivity contribution in [3.8, 4) is 5.75 Å². The molecule has 0 aliphatic rings. The number of allylic oxidation sites excluding steroid dienone is 3. The number of aromatic hydroxyl groups is 1. The summed E-state index contributed by atoms with van der Waals surface area (Å²) in [4.78, 5) is 50.2. The zero-order valence-electron chi connectivity index (χ0n) is 22.0. The normalized spacial score (nSPS) is 13.7. The maximum Gasteiger partial charge on any atom is 0.243 e. The van der Waals surface area contributed by atoms with Gasteiger partial charge in [-0.3, -0.25) is 24.6 Å². The second-order valence-electron chi connectivity index (χ2n) is 8.87. The molecular weight excluding hydrogens is 490 g/mol. The lowest BCUT2D eigenvalue weighted by atomic mass is 10.0. The van der Waals surface area contributed by atoms with Gasteiger partial charge in [-0.2, -0.15) is 0 Å². The van der Waals surface area contributed by atoms with Crippen molar-refractivity contribution in [1.29, 1.82) is 5.41 Å². The van der Waals surface area contributed by atoms with Crippen molar-refractivity contribution in [2.24, 2.45) is 11.5 Å². The highest BCUT2D eigenvalue weighted by atomic mass is 16.3. The summed E-state index contributed by atoms with van der Waals surface area (Å²) in [5, 5.41) is 27.3. The van der Waals surface area contributed by atoms with Gasteiger partial charge in [-0.05, 0) is 50.8 Å². The number of carbonyl (C=O) groups excluding carboxylic acids is 4. The van der Waals surface area contributed by atoms with Crippen molar-refractivity contribution < 1.29 is 24.3 Å². The number of amides is 4. The third-order valence-electron chi connectivity index (χ3n) is 5.45. The highest BCUT2D eigenvalue weighted by molar-refractivity contribution is 5.94. The maximum atomic E-state index is 13.2. The molecule has 0 heterocycles.